The molecule has 0 fully saturated rings. The average Bonchev–Trinajstić information content (AvgIpc) is 2.47. The van der Waals surface area contributed by atoms with Gasteiger partial charge >= 0.3 is 6.16 Å². The molecule has 0 unspecified atom stereocenters. The van der Waals surface area contributed by atoms with Gasteiger partial charge in [-0.25, -0.2) is 4.79 Å². The van der Waals surface area contributed by atoms with Crippen molar-refractivity contribution < 1.29 is 19.0 Å². The quantitative estimate of drug-likeness (QED) is 0.610. The van der Waals surface area contributed by atoms with Crippen molar-refractivity contribution in [2.45, 2.75) is 26.6 Å². The minimum Gasteiger partial charge on any atom is -0.491 e. The maximum Gasteiger partial charge on any atom is 0.514 e. The maximum absolute atomic E-state index is 11.6. The number of carbonyl (C=O) groups excluding carboxylic acids is 1. The number of hydrogen-bond acceptors (Lipinski definition) is 4. The fourth-order valence-corrected chi connectivity index (χ4v) is 1.74. The fraction of sp³-hybridized carbons (Fsp3) is 0.235. The van der Waals surface area contributed by atoms with E-state index in [-0.39, 0.29) is 12.7 Å². The third-order valence-corrected chi connectivity index (χ3v) is 2.63. The lowest BCUT2D eigenvalue weighted by Gasteiger charge is -2.14. The summed E-state index contributed by atoms with van der Waals surface area (Å²) in [5.74, 6) is 1.16. The van der Waals surface area contributed by atoms with E-state index in [4.69, 9.17) is 14.2 Å². The molecule has 2 aromatic rings. The van der Waals surface area contributed by atoms with Gasteiger partial charge in [-0.1, -0.05) is 36.4 Å². The van der Waals surface area contributed by atoms with Gasteiger partial charge in [0.2, 0.25) is 0 Å². The summed E-state index contributed by atoms with van der Waals surface area (Å²) in [6.45, 7) is 4.00. The molecule has 0 atom stereocenters. The van der Waals surface area contributed by atoms with Crippen LogP contribution in [-0.2, 0) is 11.3 Å². The van der Waals surface area contributed by atoms with Crippen molar-refractivity contribution in [3.05, 3.63) is 60.2 Å². The molecule has 0 aliphatic carbocycles. The van der Waals surface area contributed by atoms with Gasteiger partial charge in [0.25, 0.3) is 0 Å². The van der Waals surface area contributed by atoms with Crippen molar-refractivity contribution >= 4 is 6.16 Å². The van der Waals surface area contributed by atoms with Crippen LogP contribution in [-0.4, -0.2) is 12.3 Å². The van der Waals surface area contributed by atoms with E-state index in [1.807, 2.05) is 44.2 Å². The maximum atomic E-state index is 11.6. The summed E-state index contributed by atoms with van der Waals surface area (Å²) >= 11 is 0. The normalized spacial score (nSPS) is 10.2. The molecule has 4 heteroatoms. The summed E-state index contributed by atoms with van der Waals surface area (Å²) in [7, 11) is 0. The van der Waals surface area contributed by atoms with Crippen LogP contribution in [0, 0.1) is 0 Å². The van der Waals surface area contributed by atoms with Gasteiger partial charge in [0.1, 0.15) is 18.1 Å². The smallest absolute Gasteiger partial charge is 0.491 e. The average molecular weight is 286 g/mol. The number of carbonyl (C=O) groups is 1. The van der Waals surface area contributed by atoms with E-state index in [0.717, 1.165) is 5.56 Å². The van der Waals surface area contributed by atoms with Crippen LogP contribution in [0.15, 0.2) is 54.6 Å². The molecule has 4 nitrogen and oxygen atoms in total. The second kappa shape index (κ2) is 7.33. The zero-order chi connectivity index (χ0) is 15.1. The van der Waals surface area contributed by atoms with E-state index < -0.39 is 6.16 Å². The second-order valence-electron chi connectivity index (χ2n) is 4.73. The van der Waals surface area contributed by atoms with Gasteiger partial charge in [-0.3, -0.25) is 0 Å². The van der Waals surface area contributed by atoms with Gasteiger partial charge in [-0.2, -0.15) is 0 Å². The van der Waals surface area contributed by atoms with Crippen LogP contribution >= 0.6 is 0 Å². The van der Waals surface area contributed by atoms with Crippen LogP contribution in [0.25, 0.3) is 0 Å². The Kier molecular flexibility index (Phi) is 5.21. The summed E-state index contributed by atoms with van der Waals surface area (Å²) < 4.78 is 15.8. The summed E-state index contributed by atoms with van der Waals surface area (Å²) in [6.07, 6.45) is -0.678. The number of para-hydroxylation sites is 2. The van der Waals surface area contributed by atoms with Gasteiger partial charge in [0, 0.05) is 5.56 Å². The van der Waals surface area contributed by atoms with E-state index in [2.05, 4.69) is 0 Å². The van der Waals surface area contributed by atoms with Crippen molar-refractivity contribution in [2.24, 2.45) is 0 Å². The van der Waals surface area contributed by atoms with Crippen molar-refractivity contribution in [1.82, 2.24) is 0 Å². The summed E-state index contributed by atoms with van der Waals surface area (Å²) in [5, 5.41) is 0. The van der Waals surface area contributed by atoms with Crippen LogP contribution in [0.1, 0.15) is 19.4 Å². The Balaban J connectivity index is 1.92. The molecule has 21 heavy (non-hydrogen) atoms. The molecule has 0 bridgehead atoms. The van der Waals surface area contributed by atoms with Crippen LogP contribution in [0.4, 0.5) is 4.79 Å². The van der Waals surface area contributed by atoms with Crippen molar-refractivity contribution in [1.29, 1.82) is 0 Å². The molecule has 0 amide bonds. The van der Waals surface area contributed by atoms with Gasteiger partial charge in [-0.15, -0.1) is 0 Å². The van der Waals surface area contributed by atoms with Crippen LogP contribution in [0.3, 0.4) is 0 Å². The SMILES string of the molecule is CC(C)Oc1ccccc1COC(=O)Oc1ccccc1. The molecule has 0 saturated carbocycles. The predicted molar refractivity (Wildman–Crippen MR) is 79.5 cm³/mol. The summed E-state index contributed by atoms with van der Waals surface area (Å²) in [6, 6.07) is 16.3. The molecular formula is C17H18O4. The van der Waals surface area contributed by atoms with Crippen LogP contribution < -0.4 is 9.47 Å². The highest BCUT2D eigenvalue weighted by atomic mass is 16.7. The van der Waals surface area contributed by atoms with E-state index in [1.165, 1.54) is 0 Å². The number of hydrogen-bond donors (Lipinski definition) is 0. The molecule has 0 aromatic heterocycles. The fourth-order valence-electron chi connectivity index (χ4n) is 1.74. The van der Waals surface area contributed by atoms with Gasteiger partial charge in [0.15, 0.2) is 0 Å². The highest BCUT2D eigenvalue weighted by Gasteiger charge is 2.10. The predicted octanol–water partition coefficient (Wildman–Crippen LogP) is 4.19. The largest absolute Gasteiger partial charge is 0.514 e. The topological polar surface area (TPSA) is 44.8 Å². The summed E-state index contributed by atoms with van der Waals surface area (Å²) in [5.41, 5.74) is 0.802. The highest BCUT2D eigenvalue weighted by molar-refractivity contribution is 5.63. The third kappa shape index (κ3) is 4.84. The molecule has 0 saturated heterocycles. The molecule has 110 valence electrons. The third-order valence-electron chi connectivity index (χ3n) is 2.63. The molecule has 0 aliphatic heterocycles. The standard InChI is InChI=1S/C17H18O4/c1-13(2)20-16-11-7-6-8-14(16)12-19-17(18)21-15-9-4-3-5-10-15/h3-11,13H,12H2,1-2H3. The first kappa shape index (κ1) is 14.9. The first-order chi connectivity index (χ1) is 10.1. The number of ether oxygens (including phenoxy) is 3. The Labute approximate surface area is 124 Å². The van der Waals surface area contributed by atoms with Crippen LogP contribution in [0.5, 0.6) is 11.5 Å². The molecule has 0 spiro atoms. The summed E-state index contributed by atoms with van der Waals surface area (Å²) in [4.78, 5) is 11.6. The Morgan fingerprint density at radius 3 is 2.38 bits per heavy atom. The van der Waals surface area contributed by atoms with Crippen molar-refractivity contribution in [3.8, 4) is 11.5 Å². The molecule has 0 radical (unpaired) electrons. The molecule has 2 aromatic carbocycles. The lowest BCUT2D eigenvalue weighted by Crippen LogP contribution is -2.12. The van der Waals surface area contributed by atoms with E-state index in [9.17, 15) is 4.79 Å². The molecule has 2 rings (SSSR count). The van der Waals surface area contributed by atoms with E-state index in [0.29, 0.717) is 11.5 Å². The molecular weight excluding hydrogens is 268 g/mol. The Morgan fingerprint density at radius 2 is 1.67 bits per heavy atom. The van der Waals surface area contributed by atoms with E-state index in [1.54, 1.807) is 24.3 Å². The zero-order valence-corrected chi connectivity index (χ0v) is 12.1. The Bertz CT molecular complexity index is 578. The van der Waals surface area contributed by atoms with Gasteiger partial charge in [0.05, 0.1) is 6.10 Å². The van der Waals surface area contributed by atoms with Crippen LogP contribution in [0.2, 0.25) is 0 Å². The monoisotopic (exact) mass is 286 g/mol. The van der Waals surface area contributed by atoms with Crippen molar-refractivity contribution in [3.63, 3.8) is 0 Å². The Morgan fingerprint density at radius 1 is 1.00 bits per heavy atom. The Hall–Kier alpha value is -2.49. The first-order valence-corrected chi connectivity index (χ1v) is 6.79. The van der Waals surface area contributed by atoms with Gasteiger partial charge < -0.3 is 14.2 Å². The first-order valence-electron chi connectivity index (χ1n) is 6.79. The zero-order valence-electron chi connectivity index (χ0n) is 12.1. The second-order valence-corrected chi connectivity index (χ2v) is 4.73. The molecule has 0 aliphatic rings. The lowest BCUT2D eigenvalue weighted by atomic mass is 10.2. The van der Waals surface area contributed by atoms with Gasteiger partial charge in [-0.05, 0) is 32.0 Å². The minimum absolute atomic E-state index is 0.0578. The van der Waals surface area contributed by atoms with E-state index >= 15 is 0 Å². The number of rotatable bonds is 5. The molecule has 0 heterocycles. The van der Waals surface area contributed by atoms with Crippen molar-refractivity contribution in [2.75, 3.05) is 0 Å². The lowest BCUT2D eigenvalue weighted by molar-refractivity contribution is 0.0914. The minimum atomic E-state index is -0.736. The highest BCUT2D eigenvalue weighted by Crippen LogP contribution is 2.20. The number of benzene rings is 2. The molecule has 0 N–H and O–H groups in total.